The Morgan fingerprint density at radius 2 is 1.73 bits per heavy atom. The van der Waals surface area contributed by atoms with E-state index in [2.05, 4.69) is 56.3 Å². The molecule has 4 aromatic carbocycles. The highest BCUT2D eigenvalue weighted by Gasteiger charge is 2.20. The lowest BCUT2D eigenvalue weighted by Crippen LogP contribution is -2.23. The van der Waals surface area contributed by atoms with E-state index in [4.69, 9.17) is 9.72 Å². The van der Waals surface area contributed by atoms with Crippen molar-refractivity contribution < 1.29 is 9.53 Å². The Balaban J connectivity index is 1.31. The Hall–Kier alpha value is -5.31. The summed E-state index contributed by atoms with van der Waals surface area (Å²) in [6.45, 7) is 5.36. The van der Waals surface area contributed by atoms with Crippen LogP contribution < -0.4 is 10.1 Å². The number of imidazole rings is 1. The Labute approximate surface area is 237 Å². The first-order chi connectivity index (χ1) is 20.1. The van der Waals surface area contributed by atoms with Crippen LogP contribution in [0.4, 0.5) is 0 Å². The maximum absolute atomic E-state index is 13.4. The molecule has 0 atom stereocenters. The number of benzene rings is 4. The van der Waals surface area contributed by atoms with Gasteiger partial charge in [0, 0.05) is 12.1 Å². The highest BCUT2D eigenvalue weighted by molar-refractivity contribution is 6.05. The molecule has 0 aliphatic rings. The van der Waals surface area contributed by atoms with Crippen molar-refractivity contribution >= 4 is 16.9 Å². The van der Waals surface area contributed by atoms with Crippen LogP contribution >= 0.6 is 0 Å². The van der Waals surface area contributed by atoms with Crippen molar-refractivity contribution in [1.29, 1.82) is 0 Å². The molecule has 0 spiro atoms. The predicted octanol–water partition coefficient (Wildman–Crippen LogP) is 5.57. The number of aryl methyl sites for hydroxylation is 1. The number of amides is 1. The molecule has 0 aliphatic heterocycles. The smallest absolute Gasteiger partial charge is 0.297 e. The largest absolute Gasteiger partial charge is 0.465 e. The zero-order valence-corrected chi connectivity index (χ0v) is 22.8. The van der Waals surface area contributed by atoms with Gasteiger partial charge in [-0.1, -0.05) is 84.4 Å². The summed E-state index contributed by atoms with van der Waals surface area (Å²) in [6.07, 6.45) is 0. The first-order valence-corrected chi connectivity index (χ1v) is 13.5. The summed E-state index contributed by atoms with van der Waals surface area (Å²) in [4.78, 5) is 18.1. The van der Waals surface area contributed by atoms with Gasteiger partial charge in [-0.15, -0.1) is 10.2 Å². The van der Waals surface area contributed by atoms with E-state index in [9.17, 15) is 4.79 Å². The van der Waals surface area contributed by atoms with Crippen molar-refractivity contribution in [3.63, 3.8) is 0 Å². The van der Waals surface area contributed by atoms with E-state index in [1.165, 1.54) is 0 Å². The number of hydrogen-bond donors (Lipinski definition) is 2. The third-order valence-corrected chi connectivity index (χ3v) is 6.90. The van der Waals surface area contributed by atoms with Crippen LogP contribution in [0.3, 0.4) is 0 Å². The molecule has 0 saturated carbocycles. The number of hydrogen-bond acceptors (Lipinski definition) is 6. The van der Waals surface area contributed by atoms with Crippen LogP contribution in [0.15, 0.2) is 91.0 Å². The van der Waals surface area contributed by atoms with E-state index >= 15 is 0 Å². The van der Waals surface area contributed by atoms with Gasteiger partial charge in [0.1, 0.15) is 0 Å². The van der Waals surface area contributed by atoms with Gasteiger partial charge >= 0.3 is 0 Å². The van der Waals surface area contributed by atoms with E-state index in [1.807, 2.05) is 79.1 Å². The van der Waals surface area contributed by atoms with Gasteiger partial charge in [0.2, 0.25) is 5.82 Å². The summed E-state index contributed by atoms with van der Waals surface area (Å²) in [6, 6.07) is 30.4. The van der Waals surface area contributed by atoms with Gasteiger partial charge in [-0.05, 0) is 53.4 Å². The van der Waals surface area contributed by atoms with Crippen LogP contribution in [0.2, 0.25) is 0 Å². The summed E-state index contributed by atoms with van der Waals surface area (Å²) in [5.74, 6) is 0.388. The molecule has 0 aliphatic carbocycles. The Morgan fingerprint density at radius 3 is 2.49 bits per heavy atom. The first-order valence-electron chi connectivity index (χ1n) is 13.5. The molecule has 2 heterocycles. The van der Waals surface area contributed by atoms with E-state index in [1.54, 1.807) is 0 Å². The number of fused-ring (bicyclic) bond motifs is 1. The van der Waals surface area contributed by atoms with Crippen LogP contribution in [-0.2, 0) is 13.1 Å². The summed E-state index contributed by atoms with van der Waals surface area (Å²) >= 11 is 0. The molecule has 0 saturated heterocycles. The molecule has 6 rings (SSSR count). The number of rotatable bonds is 9. The molecule has 9 nitrogen and oxygen atoms in total. The van der Waals surface area contributed by atoms with E-state index in [0.29, 0.717) is 42.6 Å². The topological polar surface area (TPSA) is 111 Å². The van der Waals surface area contributed by atoms with Gasteiger partial charge in [-0.2, -0.15) is 10.2 Å². The summed E-state index contributed by atoms with van der Waals surface area (Å²) < 4.78 is 7.89. The second-order valence-corrected chi connectivity index (χ2v) is 9.74. The van der Waals surface area contributed by atoms with E-state index < -0.39 is 0 Å². The van der Waals surface area contributed by atoms with E-state index in [-0.39, 0.29) is 5.91 Å². The zero-order chi connectivity index (χ0) is 28.2. The lowest BCUT2D eigenvalue weighted by Gasteiger charge is -2.13. The fourth-order valence-electron chi connectivity index (χ4n) is 5.01. The standard InChI is InChI=1S/C32H29N7O2/c1-3-41-32-34-28-13-7-12-27(31(40)33-19-23-9-6-8-21(2)18-23)29(28)39(32)20-22-14-16-24(17-15-22)25-10-4-5-11-26(25)30-35-37-38-36-30/h4-18H,3,19-20H2,1-2H3,(H,33,40)(H,35,36,37,38). The van der Waals surface area contributed by atoms with Gasteiger partial charge in [-0.3, -0.25) is 9.36 Å². The zero-order valence-electron chi connectivity index (χ0n) is 22.8. The lowest BCUT2D eigenvalue weighted by molar-refractivity contribution is 0.0952. The number of H-pyrrole nitrogens is 1. The van der Waals surface area contributed by atoms with Crippen LogP contribution in [0.5, 0.6) is 6.01 Å². The molecule has 6 aromatic rings. The van der Waals surface area contributed by atoms with Crippen LogP contribution in [0.1, 0.15) is 34.0 Å². The van der Waals surface area contributed by atoms with Crippen molar-refractivity contribution in [2.75, 3.05) is 6.61 Å². The average Bonchev–Trinajstić information content (AvgIpc) is 3.65. The third-order valence-electron chi connectivity index (χ3n) is 6.90. The number of nitrogens with zero attached hydrogens (tertiary/aromatic N) is 5. The molecule has 204 valence electrons. The number of carbonyl (C=O) groups is 1. The van der Waals surface area contributed by atoms with Crippen molar-refractivity contribution in [3.05, 3.63) is 113 Å². The fraction of sp³-hybridized carbons (Fsp3) is 0.156. The average molecular weight is 544 g/mol. The molecular weight excluding hydrogens is 514 g/mol. The molecule has 0 unspecified atom stereocenters. The molecular formula is C32H29N7O2. The van der Waals surface area contributed by atoms with Gasteiger partial charge < -0.3 is 10.1 Å². The summed E-state index contributed by atoms with van der Waals surface area (Å²) in [7, 11) is 0. The number of nitrogens with one attached hydrogen (secondary N) is 2. The SMILES string of the molecule is CCOc1nc2cccc(C(=O)NCc3cccc(C)c3)c2n1Cc1ccc(-c2ccccc2-c2nn[nH]n2)cc1. The van der Waals surface area contributed by atoms with Crippen LogP contribution in [-0.4, -0.2) is 42.7 Å². The Morgan fingerprint density at radius 1 is 0.927 bits per heavy atom. The maximum atomic E-state index is 13.4. The minimum atomic E-state index is -0.158. The number of aromatic nitrogens is 6. The quantitative estimate of drug-likeness (QED) is 0.247. The molecule has 0 radical (unpaired) electrons. The number of carbonyl (C=O) groups excluding carboxylic acids is 1. The minimum Gasteiger partial charge on any atom is -0.465 e. The molecule has 0 fully saturated rings. The van der Waals surface area contributed by atoms with Gasteiger partial charge in [0.05, 0.1) is 29.7 Å². The van der Waals surface area contributed by atoms with Crippen LogP contribution in [0, 0.1) is 6.92 Å². The van der Waals surface area contributed by atoms with Crippen molar-refractivity contribution in [1.82, 2.24) is 35.5 Å². The monoisotopic (exact) mass is 543 g/mol. The fourth-order valence-corrected chi connectivity index (χ4v) is 5.01. The molecule has 41 heavy (non-hydrogen) atoms. The van der Waals surface area contributed by atoms with E-state index in [0.717, 1.165) is 38.9 Å². The normalized spacial score (nSPS) is 11.1. The molecule has 2 aromatic heterocycles. The molecule has 2 N–H and O–H groups in total. The third kappa shape index (κ3) is 5.42. The number of aromatic amines is 1. The predicted molar refractivity (Wildman–Crippen MR) is 157 cm³/mol. The molecule has 9 heteroatoms. The molecule has 1 amide bonds. The summed E-state index contributed by atoms with van der Waals surface area (Å²) in [5.41, 5.74) is 8.20. The second kappa shape index (κ2) is 11.4. The van der Waals surface area contributed by atoms with Crippen LogP contribution in [0.25, 0.3) is 33.5 Å². The number of ether oxygens (including phenoxy) is 1. The van der Waals surface area contributed by atoms with Crippen molar-refractivity contribution in [2.45, 2.75) is 26.9 Å². The molecule has 0 bridgehead atoms. The Bertz CT molecular complexity index is 1810. The highest BCUT2D eigenvalue weighted by Crippen LogP contribution is 2.31. The minimum absolute atomic E-state index is 0.158. The highest BCUT2D eigenvalue weighted by atomic mass is 16.5. The summed E-state index contributed by atoms with van der Waals surface area (Å²) in [5, 5.41) is 17.6. The second-order valence-electron chi connectivity index (χ2n) is 9.74. The van der Waals surface area contributed by atoms with Gasteiger partial charge in [0.25, 0.3) is 11.9 Å². The van der Waals surface area contributed by atoms with Gasteiger partial charge in [-0.25, -0.2) is 0 Å². The first kappa shape index (κ1) is 25.9. The van der Waals surface area contributed by atoms with Gasteiger partial charge in [0.15, 0.2) is 0 Å². The van der Waals surface area contributed by atoms with Crippen molar-refractivity contribution in [3.8, 4) is 28.5 Å². The van der Waals surface area contributed by atoms with Crippen molar-refractivity contribution in [2.24, 2.45) is 0 Å². The Kier molecular flexibility index (Phi) is 7.23. The number of para-hydroxylation sites is 1. The number of tetrazole rings is 1. The maximum Gasteiger partial charge on any atom is 0.297 e. The lowest BCUT2D eigenvalue weighted by atomic mass is 9.98.